The maximum Gasteiger partial charge on any atom is 0.243 e. The second-order valence-electron chi connectivity index (χ2n) is 7.68. The molecule has 1 aromatic heterocycles. The zero-order chi connectivity index (χ0) is 22.0. The Labute approximate surface area is 183 Å². The van der Waals surface area contributed by atoms with E-state index in [4.69, 9.17) is 5.10 Å². The fourth-order valence-corrected chi connectivity index (χ4v) is 5.01. The van der Waals surface area contributed by atoms with Crippen molar-refractivity contribution in [1.82, 2.24) is 14.1 Å². The van der Waals surface area contributed by atoms with Crippen molar-refractivity contribution in [1.29, 1.82) is 0 Å². The minimum atomic E-state index is -3.64. The number of aromatic nitrogens is 2. The van der Waals surface area contributed by atoms with Gasteiger partial charge in [-0.3, -0.25) is 0 Å². The van der Waals surface area contributed by atoms with Crippen LogP contribution in [0.4, 0.5) is 0 Å². The first kappa shape index (κ1) is 21.0. The smallest absolute Gasteiger partial charge is 0.240 e. The standard InChI is InChI=1S/C25H25N3O2S/c1-19-14-15-24(20(2)16-19)31(29,30)27(3)17-22-18-28(23-12-8-5-9-13-23)26-25(22)21-10-6-4-7-11-21/h4-16,18H,17H2,1-3H3. The molecular formula is C25H25N3O2S. The number of benzene rings is 3. The van der Waals surface area contributed by atoms with Crippen LogP contribution in [0.5, 0.6) is 0 Å². The molecule has 4 rings (SSSR count). The van der Waals surface area contributed by atoms with Gasteiger partial charge in [-0.05, 0) is 37.6 Å². The second-order valence-corrected chi connectivity index (χ2v) is 9.69. The maximum atomic E-state index is 13.3. The number of hydrogen-bond donors (Lipinski definition) is 0. The van der Waals surface area contributed by atoms with E-state index in [1.165, 1.54) is 4.31 Å². The quantitative estimate of drug-likeness (QED) is 0.433. The number of hydrogen-bond acceptors (Lipinski definition) is 3. The maximum absolute atomic E-state index is 13.3. The molecule has 1 heterocycles. The number of aryl methyl sites for hydroxylation is 2. The van der Waals surface area contributed by atoms with Gasteiger partial charge in [0.05, 0.1) is 16.3 Å². The second kappa shape index (κ2) is 8.49. The van der Waals surface area contributed by atoms with E-state index in [-0.39, 0.29) is 6.54 Å². The molecule has 0 radical (unpaired) electrons. The molecule has 3 aromatic carbocycles. The van der Waals surface area contributed by atoms with Crippen LogP contribution in [-0.4, -0.2) is 29.6 Å². The van der Waals surface area contributed by atoms with Gasteiger partial charge in [0.1, 0.15) is 0 Å². The SMILES string of the molecule is Cc1ccc(S(=O)(=O)N(C)Cc2cn(-c3ccccc3)nc2-c2ccccc2)c(C)c1. The molecule has 0 spiro atoms. The lowest BCUT2D eigenvalue weighted by atomic mass is 10.1. The first-order chi connectivity index (χ1) is 14.9. The molecule has 0 atom stereocenters. The average molecular weight is 432 g/mol. The van der Waals surface area contributed by atoms with E-state index in [1.807, 2.05) is 92.8 Å². The van der Waals surface area contributed by atoms with Crippen molar-refractivity contribution < 1.29 is 8.42 Å². The van der Waals surface area contributed by atoms with Gasteiger partial charge >= 0.3 is 0 Å². The van der Waals surface area contributed by atoms with E-state index in [0.29, 0.717) is 4.90 Å². The van der Waals surface area contributed by atoms with E-state index in [9.17, 15) is 8.42 Å². The molecule has 6 heteroatoms. The van der Waals surface area contributed by atoms with Crippen LogP contribution in [0, 0.1) is 13.8 Å². The summed E-state index contributed by atoms with van der Waals surface area (Å²) < 4.78 is 29.8. The van der Waals surface area contributed by atoms with Crippen LogP contribution in [-0.2, 0) is 16.6 Å². The predicted molar refractivity (Wildman–Crippen MR) is 124 cm³/mol. The summed E-state index contributed by atoms with van der Waals surface area (Å²) in [6.07, 6.45) is 1.91. The molecule has 0 bridgehead atoms. The van der Waals surface area contributed by atoms with Gasteiger partial charge < -0.3 is 0 Å². The number of nitrogens with zero attached hydrogens (tertiary/aromatic N) is 3. The largest absolute Gasteiger partial charge is 0.243 e. The lowest BCUT2D eigenvalue weighted by Crippen LogP contribution is -2.27. The third-order valence-electron chi connectivity index (χ3n) is 5.27. The Morgan fingerprint density at radius 2 is 1.55 bits per heavy atom. The van der Waals surface area contributed by atoms with Gasteiger partial charge in [-0.15, -0.1) is 0 Å². The first-order valence-corrected chi connectivity index (χ1v) is 11.5. The summed E-state index contributed by atoms with van der Waals surface area (Å²) in [4.78, 5) is 0.331. The highest BCUT2D eigenvalue weighted by Gasteiger charge is 2.25. The summed E-state index contributed by atoms with van der Waals surface area (Å²) >= 11 is 0. The van der Waals surface area contributed by atoms with E-state index in [1.54, 1.807) is 17.8 Å². The van der Waals surface area contributed by atoms with Gasteiger partial charge in [-0.1, -0.05) is 66.2 Å². The molecule has 0 fully saturated rings. The molecule has 0 aliphatic carbocycles. The van der Waals surface area contributed by atoms with Gasteiger partial charge in [0.25, 0.3) is 0 Å². The summed E-state index contributed by atoms with van der Waals surface area (Å²) in [5, 5.41) is 4.78. The highest BCUT2D eigenvalue weighted by molar-refractivity contribution is 7.89. The Kier molecular flexibility index (Phi) is 5.76. The third-order valence-corrected chi connectivity index (χ3v) is 7.23. The highest BCUT2D eigenvalue weighted by Crippen LogP contribution is 2.27. The van der Waals surface area contributed by atoms with Crippen molar-refractivity contribution in [2.75, 3.05) is 7.05 Å². The minimum absolute atomic E-state index is 0.215. The average Bonchev–Trinajstić information content (AvgIpc) is 3.18. The van der Waals surface area contributed by atoms with Crippen LogP contribution < -0.4 is 0 Å². The van der Waals surface area contributed by atoms with Crippen molar-refractivity contribution in [3.63, 3.8) is 0 Å². The van der Waals surface area contributed by atoms with Crippen LogP contribution in [0.1, 0.15) is 16.7 Å². The predicted octanol–water partition coefficient (Wildman–Crippen LogP) is 4.98. The lowest BCUT2D eigenvalue weighted by molar-refractivity contribution is 0.466. The van der Waals surface area contributed by atoms with Crippen molar-refractivity contribution in [3.05, 3.63) is 102 Å². The summed E-state index contributed by atoms with van der Waals surface area (Å²) in [5.41, 5.74) is 5.26. The molecule has 0 aliphatic rings. The summed E-state index contributed by atoms with van der Waals surface area (Å²) in [6.45, 7) is 4.00. The van der Waals surface area contributed by atoms with Crippen molar-refractivity contribution in [2.24, 2.45) is 0 Å². The van der Waals surface area contributed by atoms with Gasteiger partial charge in [0.15, 0.2) is 0 Å². The summed E-state index contributed by atoms with van der Waals surface area (Å²) in [6, 6.07) is 25.0. The molecule has 0 saturated carbocycles. The molecular weight excluding hydrogens is 406 g/mol. The molecule has 5 nitrogen and oxygen atoms in total. The summed E-state index contributed by atoms with van der Waals surface area (Å²) in [5.74, 6) is 0. The van der Waals surface area contributed by atoms with E-state index in [2.05, 4.69) is 0 Å². The Morgan fingerprint density at radius 3 is 2.19 bits per heavy atom. The van der Waals surface area contributed by atoms with E-state index < -0.39 is 10.0 Å². The van der Waals surface area contributed by atoms with Gasteiger partial charge in [-0.25, -0.2) is 13.1 Å². The normalized spacial score (nSPS) is 11.7. The van der Waals surface area contributed by atoms with Crippen LogP contribution in [0.3, 0.4) is 0 Å². The van der Waals surface area contributed by atoms with E-state index >= 15 is 0 Å². The molecule has 0 amide bonds. The minimum Gasteiger partial charge on any atom is -0.240 e. The van der Waals surface area contributed by atoms with Crippen LogP contribution in [0.15, 0.2) is 90.0 Å². The topological polar surface area (TPSA) is 55.2 Å². The number of sulfonamides is 1. The molecule has 0 N–H and O–H groups in total. The molecule has 0 saturated heterocycles. The van der Waals surface area contributed by atoms with E-state index in [0.717, 1.165) is 33.6 Å². The van der Waals surface area contributed by atoms with Gasteiger partial charge in [0, 0.05) is 30.9 Å². The number of rotatable bonds is 6. The number of para-hydroxylation sites is 1. The van der Waals surface area contributed by atoms with Crippen LogP contribution >= 0.6 is 0 Å². The Hall–Kier alpha value is -3.22. The summed E-state index contributed by atoms with van der Waals surface area (Å²) in [7, 11) is -2.03. The highest BCUT2D eigenvalue weighted by atomic mass is 32.2. The van der Waals surface area contributed by atoms with Crippen LogP contribution in [0.2, 0.25) is 0 Å². The Morgan fingerprint density at radius 1 is 0.903 bits per heavy atom. The lowest BCUT2D eigenvalue weighted by Gasteiger charge is -2.19. The first-order valence-electron chi connectivity index (χ1n) is 10.1. The Bertz CT molecular complexity index is 1300. The molecule has 0 aliphatic heterocycles. The van der Waals surface area contributed by atoms with Crippen LogP contribution in [0.25, 0.3) is 16.9 Å². The van der Waals surface area contributed by atoms with Crippen molar-refractivity contribution in [3.8, 4) is 16.9 Å². The fraction of sp³-hybridized carbons (Fsp3) is 0.160. The zero-order valence-electron chi connectivity index (χ0n) is 17.9. The molecule has 0 unspecified atom stereocenters. The van der Waals surface area contributed by atoms with Crippen molar-refractivity contribution >= 4 is 10.0 Å². The molecule has 4 aromatic rings. The monoisotopic (exact) mass is 431 g/mol. The van der Waals surface area contributed by atoms with Crippen molar-refractivity contribution in [2.45, 2.75) is 25.3 Å². The molecule has 158 valence electrons. The molecule has 31 heavy (non-hydrogen) atoms. The fourth-order valence-electron chi connectivity index (χ4n) is 3.66. The van der Waals surface area contributed by atoms with Gasteiger partial charge in [-0.2, -0.15) is 9.40 Å². The zero-order valence-corrected chi connectivity index (χ0v) is 18.7. The van der Waals surface area contributed by atoms with Gasteiger partial charge in [0.2, 0.25) is 10.0 Å². The third kappa shape index (κ3) is 4.31. The Balaban J connectivity index is 1.74.